The van der Waals surface area contributed by atoms with Crippen molar-refractivity contribution in [2.24, 2.45) is 0 Å². The Morgan fingerprint density at radius 2 is 1.83 bits per heavy atom. The zero-order valence-electron chi connectivity index (χ0n) is 10.6. The van der Waals surface area contributed by atoms with E-state index in [0.717, 1.165) is 36.8 Å². The van der Waals surface area contributed by atoms with Crippen LogP contribution in [-0.4, -0.2) is 16.9 Å². The van der Waals surface area contributed by atoms with Crippen molar-refractivity contribution in [2.75, 3.05) is 0 Å². The van der Waals surface area contributed by atoms with Gasteiger partial charge in [-0.05, 0) is 36.8 Å². The van der Waals surface area contributed by atoms with Gasteiger partial charge >= 0.3 is 5.97 Å². The molecule has 0 saturated heterocycles. The summed E-state index contributed by atoms with van der Waals surface area (Å²) in [5.74, 6) is -0.651. The van der Waals surface area contributed by atoms with Crippen molar-refractivity contribution in [3.63, 3.8) is 0 Å². The zero-order valence-corrected chi connectivity index (χ0v) is 10.6. The Balaban J connectivity index is 2.21. The van der Waals surface area contributed by atoms with Crippen LogP contribution in [-0.2, 0) is 17.6 Å². The lowest BCUT2D eigenvalue weighted by Crippen LogP contribution is -2.39. The second-order valence-electron chi connectivity index (χ2n) is 5.32. The van der Waals surface area contributed by atoms with Crippen LogP contribution in [0.1, 0.15) is 48.2 Å². The molecule has 0 amide bonds. The molecular weight excluding hydrogens is 232 g/mol. The molecule has 1 aromatic rings. The summed E-state index contributed by atoms with van der Waals surface area (Å²) in [6.07, 6.45) is 3.68. The maximum atomic E-state index is 12.1. The van der Waals surface area contributed by atoms with Gasteiger partial charge < -0.3 is 14.6 Å². The summed E-state index contributed by atoms with van der Waals surface area (Å²) < 4.78 is 10.9. The molecule has 1 aromatic carbocycles. The van der Waals surface area contributed by atoms with Gasteiger partial charge in [-0.2, -0.15) is 0 Å². The van der Waals surface area contributed by atoms with Crippen LogP contribution in [0.2, 0.25) is 0 Å². The highest BCUT2D eigenvalue weighted by Gasteiger charge is 2.37. The van der Waals surface area contributed by atoms with Crippen LogP contribution in [0.5, 0.6) is 11.5 Å². The molecule has 4 heteroatoms. The third kappa shape index (κ3) is 1.64. The number of carbonyl (C=O) groups is 1. The fourth-order valence-corrected chi connectivity index (χ4v) is 2.76. The molecule has 96 valence electrons. The van der Waals surface area contributed by atoms with Gasteiger partial charge in [-0.3, -0.25) is 0 Å². The first-order valence-electron chi connectivity index (χ1n) is 6.28. The van der Waals surface area contributed by atoms with Gasteiger partial charge in [0.15, 0.2) is 0 Å². The standard InChI is InChI=1S/C14H16O4/c1-14(2)17-11-7-10(15)8-5-3-4-6-9(8)12(11)13(16)18-14/h7,15H,3-6H2,1-2H3. The highest BCUT2D eigenvalue weighted by molar-refractivity contribution is 5.96. The molecule has 0 fully saturated rings. The molecule has 1 N–H and O–H groups in total. The molecule has 18 heavy (non-hydrogen) atoms. The van der Waals surface area contributed by atoms with Crippen LogP contribution in [0.3, 0.4) is 0 Å². The SMILES string of the molecule is CC1(C)OC(=O)c2c(cc(O)c3c2CCCC3)O1. The lowest BCUT2D eigenvalue weighted by atomic mass is 9.86. The molecule has 2 aliphatic rings. The largest absolute Gasteiger partial charge is 0.508 e. The number of fused-ring (bicyclic) bond motifs is 3. The molecular formula is C14H16O4. The van der Waals surface area contributed by atoms with E-state index >= 15 is 0 Å². The monoisotopic (exact) mass is 248 g/mol. The number of rotatable bonds is 0. The summed E-state index contributed by atoms with van der Waals surface area (Å²) in [4.78, 5) is 12.1. The summed E-state index contributed by atoms with van der Waals surface area (Å²) in [6.45, 7) is 3.37. The molecule has 0 spiro atoms. The molecule has 3 rings (SSSR count). The third-order valence-electron chi connectivity index (χ3n) is 3.49. The van der Waals surface area contributed by atoms with Crippen LogP contribution >= 0.6 is 0 Å². The van der Waals surface area contributed by atoms with E-state index in [0.29, 0.717) is 11.3 Å². The maximum absolute atomic E-state index is 12.1. The average molecular weight is 248 g/mol. The van der Waals surface area contributed by atoms with Gasteiger partial charge in [-0.1, -0.05) is 0 Å². The molecule has 4 nitrogen and oxygen atoms in total. The van der Waals surface area contributed by atoms with E-state index in [2.05, 4.69) is 0 Å². The van der Waals surface area contributed by atoms with Gasteiger partial charge in [0.25, 0.3) is 0 Å². The van der Waals surface area contributed by atoms with Crippen LogP contribution < -0.4 is 4.74 Å². The van der Waals surface area contributed by atoms with Crippen LogP contribution in [0.4, 0.5) is 0 Å². The number of hydrogen-bond acceptors (Lipinski definition) is 4. The van der Waals surface area contributed by atoms with E-state index in [1.165, 1.54) is 0 Å². The fraction of sp³-hybridized carbons (Fsp3) is 0.500. The van der Waals surface area contributed by atoms with E-state index in [4.69, 9.17) is 9.47 Å². The number of hydrogen-bond donors (Lipinski definition) is 1. The highest BCUT2D eigenvalue weighted by Crippen LogP contribution is 2.41. The summed E-state index contributed by atoms with van der Waals surface area (Å²) in [5.41, 5.74) is 2.28. The quantitative estimate of drug-likeness (QED) is 0.717. The van der Waals surface area contributed by atoms with Gasteiger partial charge in [0, 0.05) is 19.9 Å². The van der Waals surface area contributed by atoms with Gasteiger partial charge in [0.2, 0.25) is 5.79 Å². The second-order valence-corrected chi connectivity index (χ2v) is 5.32. The van der Waals surface area contributed by atoms with Crippen molar-refractivity contribution in [1.82, 2.24) is 0 Å². The summed E-state index contributed by atoms with van der Waals surface area (Å²) in [6, 6.07) is 1.54. The van der Waals surface area contributed by atoms with E-state index in [1.807, 2.05) is 0 Å². The van der Waals surface area contributed by atoms with Gasteiger partial charge in [-0.15, -0.1) is 0 Å². The molecule has 0 unspecified atom stereocenters. The third-order valence-corrected chi connectivity index (χ3v) is 3.49. The van der Waals surface area contributed by atoms with E-state index in [1.54, 1.807) is 19.9 Å². The summed E-state index contributed by atoms with van der Waals surface area (Å²) in [7, 11) is 0. The van der Waals surface area contributed by atoms with E-state index < -0.39 is 5.79 Å². The van der Waals surface area contributed by atoms with E-state index in [9.17, 15) is 9.90 Å². The number of benzene rings is 1. The number of aromatic hydroxyl groups is 1. The Hall–Kier alpha value is -1.71. The Morgan fingerprint density at radius 1 is 1.17 bits per heavy atom. The topological polar surface area (TPSA) is 55.8 Å². The predicted molar refractivity (Wildman–Crippen MR) is 64.9 cm³/mol. The van der Waals surface area contributed by atoms with Crippen molar-refractivity contribution in [1.29, 1.82) is 0 Å². The van der Waals surface area contributed by atoms with Crippen molar-refractivity contribution in [3.8, 4) is 11.5 Å². The molecule has 0 aromatic heterocycles. The zero-order chi connectivity index (χ0) is 12.9. The predicted octanol–water partition coefficient (Wildman–Crippen LogP) is 2.56. The molecule has 0 bridgehead atoms. The van der Waals surface area contributed by atoms with Gasteiger partial charge in [0.05, 0.1) is 0 Å². The number of ether oxygens (including phenoxy) is 2. The Morgan fingerprint density at radius 3 is 2.56 bits per heavy atom. The maximum Gasteiger partial charge on any atom is 0.345 e. The smallest absolute Gasteiger partial charge is 0.345 e. The number of phenols is 1. The highest BCUT2D eigenvalue weighted by atomic mass is 16.7. The molecule has 0 saturated carbocycles. The molecule has 1 heterocycles. The minimum absolute atomic E-state index is 0.231. The molecule has 1 aliphatic carbocycles. The number of phenolic OH excluding ortho intramolecular Hbond substituents is 1. The van der Waals surface area contributed by atoms with Crippen LogP contribution in [0, 0.1) is 0 Å². The van der Waals surface area contributed by atoms with Crippen molar-refractivity contribution in [3.05, 3.63) is 22.8 Å². The minimum atomic E-state index is -0.973. The number of esters is 1. The lowest BCUT2D eigenvalue weighted by molar-refractivity contribution is -0.127. The lowest BCUT2D eigenvalue weighted by Gasteiger charge is -2.34. The summed E-state index contributed by atoms with van der Waals surface area (Å²) >= 11 is 0. The van der Waals surface area contributed by atoms with Crippen LogP contribution in [0.15, 0.2) is 6.07 Å². The second kappa shape index (κ2) is 3.64. The number of carbonyl (C=O) groups excluding carboxylic acids is 1. The van der Waals surface area contributed by atoms with Crippen molar-refractivity contribution >= 4 is 5.97 Å². The van der Waals surface area contributed by atoms with Crippen molar-refractivity contribution < 1.29 is 19.4 Å². The minimum Gasteiger partial charge on any atom is -0.508 e. The normalized spacial score (nSPS) is 20.4. The van der Waals surface area contributed by atoms with Crippen LogP contribution in [0.25, 0.3) is 0 Å². The first-order valence-corrected chi connectivity index (χ1v) is 6.28. The van der Waals surface area contributed by atoms with Gasteiger partial charge in [0.1, 0.15) is 17.1 Å². The first kappa shape index (κ1) is 11.4. The summed E-state index contributed by atoms with van der Waals surface area (Å²) in [5, 5.41) is 10.0. The van der Waals surface area contributed by atoms with Crippen molar-refractivity contribution in [2.45, 2.75) is 45.3 Å². The van der Waals surface area contributed by atoms with E-state index in [-0.39, 0.29) is 11.7 Å². The number of cyclic esters (lactones) is 1. The molecule has 1 aliphatic heterocycles. The fourth-order valence-electron chi connectivity index (χ4n) is 2.76. The average Bonchev–Trinajstić information content (AvgIpc) is 2.26. The Bertz CT molecular complexity index is 531. The first-order chi connectivity index (χ1) is 8.48. The van der Waals surface area contributed by atoms with Gasteiger partial charge in [-0.25, -0.2) is 4.79 Å². The Labute approximate surface area is 106 Å². The Kier molecular flexibility index (Phi) is 2.30. The molecule has 0 atom stereocenters. The molecule has 0 radical (unpaired) electrons.